The molecule has 4 rings (SSSR count). The van der Waals surface area contributed by atoms with Crippen molar-refractivity contribution in [3.8, 4) is 5.75 Å². The number of methoxy groups -OCH3 is 1. The molecule has 2 aromatic carbocycles. The second-order valence-electron chi connectivity index (χ2n) is 10.5. The quantitative estimate of drug-likeness (QED) is 0.492. The molecule has 8 heteroatoms. The zero-order chi connectivity index (χ0) is 26.6. The van der Waals surface area contributed by atoms with Gasteiger partial charge >= 0.3 is 12.0 Å². The Balaban J connectivity index is 1.47. The number of hydrogen-bond donors (Lipinski definition) is 1. The number of amides is 3. The number of rotatable bonds is 10. The lowest BCUT2D eigenvalue weighted by molar-refractivity contribution is -0.136. The van der Waals surface area contributed by atoms with Crippen molar-refractivity contribution in [2.24, 2.45) is 5.92 Å². The van der Waals surface area contributed by atoms with Gasteiger partial charge in [-0.2, -0.15) is 0 Å². The van der Waals surface area contributed by atoms with Gasteiger partial charge in [-0.1, -0.05) is 50.2 Å². The third kappa shape index (κ3) is 5.96. The summed E-state index contributed by atoms with van der Waals surface area (Å²) in [5.74, 6) is 0.0764. The van der Waals surface area contributed by atoms with Crippen LogP contribution in [0.25, 0.3) is 0 Å². The fourth-order valence-corrected chi connectivity index (χ4v) is 5.49. The van der Waals surface area contributed by atoms with Gasteiger partial charge in [0.05, 0.1) is 13.5 Å². The summed E-state index contributed by atoms with van der Waals surface area (Å²) in [6, 6.07) is 15.3. The van der Waals surface area contributed by atoms with Crippen LogP contribution in [0.5, 0.6) is 5.75 Å². The SMILES string of the molecule is COc1ccc(CCN2C(=O)N(CC(C)C)C(=O)C23CCN(Cc2cccc(CC(=O)O)c2)CC3)cc1. The Hall–Kier alpha value is -3.39. The number of likely N-dealkylation sites (tertiary alicyclic amines) is 1. The van der Waals surface area contributed by atoms with E-state index in [9.17, 15) is 14.4 Å². The first-order valence-corrected chi connectivity index (χ1v) is 13.0. The highest BCUT2D eigenvalue weighted by Gasteiger charge is 2.57. The Morgan fingerprint density at radius 1 is 1.03 bits per heavy atom. The van der Waals surface area contributed by atoms with Gasteiger partial charge in [0, 0.05) is 32.7 Å². The monoisotopic (exact) mass is 507 g/mol. The van der Waals surface area contributed by atoms with E-state index in [4.69, 9.17) is 9.84 Å². The summed E-state index contributed by atoms with van der Waals surface area (Å²) in [7, 11) is 1.63. The summed E-state index contributed by atoms with van der Waals surface area (Å²) in [4.78, 5) is 43.9. The maximum atomic E-state index is 13.7. The smallest absolute Gasteiger partial charge is 0.327 e. The van der Waals surface area contributed by atoms with Gasteiger partial charge in [-0.3, -0.25) is 19.4 Å². The van der Waals surface area contributed by atoms with Gasteiger partial charge in [-0.15, -0.1) is 0 Å². The third-order valence-corrected chi connectivity index (χ3v) is 7.39. The van der Waals surface area contributed by atoms with Crippen LogP contribution in [0.3, 0.4) is 0 Å². The fraction of sp³-hybridized carbons (Fsp3) is 0.483. The lowest BCUT2D eigenvalue weighted by Crippen LogP contribution is -2.56. The van der Waals surface area contributed by atoms with Crippen LogP contribution in [-0.4, -0.2) is 76.5 Å². The van der Waals surface area contributed by atoms with Crippen molar-refractivity contribution in [1.29, 1.82) is 0 Å². The largest absolute Gasteiger partial charge is 0.497 e. The molecule has 1 spiro atoms. The van der Waals surface area contributed by atoms with Crippen molar-refractivity contribution in [2.75, 3.05) is 33.3 Å². The predicted octanol–water partition coefficient (Wildman–Crippen LogP) is 3.82. The summed E-state index contributed by atoms with van der Waals surface area (Å²) < 4.78 is 5.25. The Morgan fingerprint density at radius 2 is 1.70 bits per heavy atom. The number of benzene rings is 2. The Morgan fingerprint density at radius 3 is 2.32 bits per heavy atom. The highest BCUT2D eigenvalue weighted by atomic mass is 16.5. The molecule has 2 fully saturated rings. The molecule has 2 aliphatic heterocycles. The Kier molecular flexibility index (Phi) is 8.17. The second-order valence-corrected chi connectivity index (χ2v) is 10.5. The molecule has 0 saturated carbocycles. The topological polar surface area (TPSA) is 90.4 Å². The Labute approximate surface area is 218 Å². The van der Waals surface area contributed by atoms with Crippen LogP contribution < -0.4 is 4.74 Å². The van der Waals surface area contributed by atoms with E-state index in [1.807, 2.05) is 67.3 Å². The van der Waals surface area contributed by atoms with Crippen molar-refractivity contribution in [3.63, 3.8) is 0 Å². The van der Waals surface area contributed by atoms with Gasteiger partial charge in [0.25, 0.3) is 5.91 Å². The van der Waals surface area contributed by atoms with Gasteiger partial charge in [-0.05, 0) is 54.0 Å². The van der Waals surface area contributed by atoms with Crippen molar-refractivity contribution in [1.82, 2.24) is 14.7 Å². The molecule has 2 saturated heterocycles. The van der Waals surface area contributed by atoms with Crippen LogP contribution in [0.4, 0.5) is 4.79 Å². The first-order valence-electron chi connectivity index (χ1n) is 13.0. The molecule has 0 aliphatic carbocycles. The van der Waals surface area contributed by atoms with Gasteiger partial charge in [-0.25, -0.2) is 4.79 Å². The van der Waals surface area contributed by atoms with E-state index in [0.717, 1.165) is 22.4 Å². The number of urea groups is 1. The van der Waals surface area contributed by atoms with E-state index in [0.29, 0.717) is 52.0 Å². The standard InChI is InChI=1S/C29H37N3O5/c1-21(2)19-31-27(35)29(32(28(31)36)14-11-22-7-9-25(37-3)10-8-22)12-15-30(16-13-29)20-24-6-4-5-23(17-24)18-26(33)34/h4-10,17,21H,11-16,18-20H2,1-3H3,(H,33,34). The summed E-state index contributed by atoms with van der Waals surface area (Å²) in [6.45, 7) is 7.03. The van der Waals surface area contributed by atoms with Crippen molar-refractivity contribution in [3.05, 3.63) is 65.2 Å². The fourth-order valence-electron chi connectivity index (χ4n) is 5.49. The van der Waals surface area contributed by atoms with Crippen LogP contribution in [-0.2, 0) is 29.0 Å². The molecular formula is C29H37N3O5. The molecule has 0 atom stereocenters. The minimum absolute atomic E-state index is 0.00239. The minimum atomic E-state index is -0.845. The second kappa shape index (κ2) is 11.3. The molecule has 0 radical (unpaired) electrons. The highest BCUT2D eigenvalue weighted by Crippen LogP contribution is 2.38. The number of carboxylic acid groups (broad SMARTS) is 1. The molecule has 0 aromatic heterocycles. The molecule has 3 amide bonds. The van der Waals surface area contributed by atoms with Gasteiger partial charge in [0.2, 0.25) is 0 Å². The van der Waals surface area contributed by atoms with E-state index in [2.05, 4.69) is 4.90 Å². The average Bonchev–Trinajstić information content (AvgIpc) is 3.05. The molecule has 2 aliphatic rings. The van der Waals surface area contributed by atoms with E-state index < -0.39 is 11.5 Å². The molecule has 0 bridgehead atoms. The molecule has 0 unspecified atom stereocenters. The Bertz CT molecular complexity index is 1120. The number of hydrogen-bond acceptors (Lipinski definition) is 5. The first-order chi connectivity index (χ1) is 17.7. The summed E-state index contributed by atoms with van der Waals surface area (Å²) >= 11 is 0. The number of piperidine rings is 1. The predicted molar refractivity (Wildman–Crippen MR) is 140 cm³/mol. The van der Waals surface area contributed by atoms with Crippen molar-refractivity contribution < 1.29 is 24.2 Å². The van der Waals surface area contributed by atoms with Crippen molar-refractivity contribution in [2.45, 2.75) is 51.6 Å². The van der Waals surface area contributed by atoms with E-state index in [1.165, 1.54) is 4.90 Å². The summed E-state index contributed by atoms with van der Waals surface area (Å²) in [5, 5.41) is 9.10. The molecule has 2 heterocycles. The van der Waals surface area contributed by atoms with Crippen LogP contribution in [0.2, 0.25) is 0 Å². The number of carbonyl (C=O) groups excluding carboxylic acids is 2. The number of nitrogens with zero attached hydrogens (tertiary/aromatic N) is 3. The van der Waals surface area contributed by atoms with Gasteiger partial charge in [0.1, 0.15) is 11.3 Å². The van der Waals surface area contributed by atoms with Crippen LogP contribution in [0.15, 0.2) is 48.5 Å². The average molecular weight is 508 g/mol. The van der Waals surface area contributed by atoms with E-state index in [-0.39, 0.29) is 24.3 Å². The number of ether oxygens (including phenoxy) is 1. The zero-order valence-electron chi connectivity index (χ0n) is 22.0. The van der Waals surface area contributed by atoms with Crippen molar-refractivity contribution >= 4 is 17.9 Å². The highest BCUT2D eigenvalue weighted by molar-refractivity contribution is 6.07. The molecular weight excluding hydrogens is 470 g/mol. The van der Waals surface area contributed by atoms with Crippen LogP contribution in [0.1, 0.15) is 43.4 Å². The molecule has 2 aromatic rings. The van der Waals surface area contributed by atoms with Gasteiger partial charge < -0.3 is 14.7 Å². The number of aliphatic carboxylic acids is 1. The zero-order valence-corrected chi connectivity index (χ0v) is 22.0. The number of imide groups is 1. The lowest BCUT2D eigenvalue weighted by Gasteiger charge is -2.42. The van der Waals surface area contributed by atoms with Gasteiger partial charge in [0.15, 0.2) is 0 Å². The number of carboxylic acids is 1. The number of carbonyl (C=O) groups is 3. The summed E-state index contributed by atoms with van der Waals surface area (Å²) in [6.07, 6.45) is 1.84. The normalized spacial score (nSPS) is 17.7. The van der Waals surface area contributed by atoms with Crippen LogP contribution in [0, 0.1) is 5.92 Å². The maximum Gasteiger partial charge on any atom is 0.327 e. The van der Waals surface area contributed by atoms with E-state index in [1.54, 1.807) is 7.11 Å². The molecule has 8 nitrogen and oxygen atoms in total. The lowest BCUT2D eigenvalue weighted by atomic mass is 9.85. The van der Waals surface area contributed by atoms with Crippen LogP contribution >= 0.6 is 0 Å². The minimum Gasteiger partial charge on any atom is -0.497 e. The third-order valence-electron chi connectivity index (χ3n) is 7.39. The maximum absolute atomic E-state index is 13.7. The molecule has 198 valence electrons. The molecule has 37 heavy (non-hydrogen) atoms. The van der Waals surface area contributed by atoms with E-state index >= 15 is 0 Å². The first kappa shape index (κ1) is 26.7. The molecule has 1 N–H and O–H groups in total. The summed E-state index contributed by atoms with van der Waals surface area (Å²) in [5.41, 5.74) is 2.13.